The van der Waals surface area contributed by atoms with Gasteiger partial charge in [0.25, 0.3) is 0 Å². The number of nitrogens with zero attached hydrogens (tertiary/aromatic N) is 1. The Morgan fingerprint density at radius 2 is 1.90 bits per heavy atom. The highest BCUT2D eigenvalue weighted by molar-refractivity contribution is 6.35. The number of hydrogen-bond acceptors (Lipinski definition) is 3. The molecule has 21 heavy (non-hydrogen) atoms. The predicted octanol–water partition coefficient (Wildman–Crippen LogP) is 4.44. The van der Waals surface area contributed by atoms with Crippen LogP contribution in [0.5, 0.6) is 5.75 Å². The summed E-state index contributed by atoms with van der Waals surface area (Å²) in [5, 5.41) is 5.71. The van der Waals surface area contributed by atoms with Crippen LogP contribution in [0.3, 0.4) is 0 Å². The van der Waals surface area contributed by atoms with E-state index in [9.17, 15) is 0 Å². The molecule has 1 unspecified atom stereocenters. The van der Waals surface area contributed by atoms with Gasteiger partial charge >= 0.3 is 0 Å². The summed E-state index contributed by atoms with van der Waals surface area (Å²) in [7, 11) is 1.65. The standard InChI is InChI=1S/C16H14Cl2N2O/c1-21-12-5-2-10(3-6-12)15-9-16(20-19-15)13-7-4-11(17)8-14(13)18/h2-8,16,20H,9H2,1H3. The molecule has 0 radical (unpaired) electrons. The monoisotopic (exact) mass is 320 g/mol. The third-order valence-corrected chi connectivity index (χ3v) is 4.08. The number of hydrazone groups is 1. The molecule has 1 N–H and O–H groups in total. The van der Waals surface area contributed by atoms with Gasteiger partial charge in [0.05, 0.1) is 18.9 Å². The number of nitrogens with one attached hydrogen (secondary N) is 1. The Kier molecular flexibility index (Phi) is 4.04. The average molecular weight is 321 g/mol. The van der Waals surface area contributed by atoms with Crippen LogP contribution < -0.4 is 10.2 Å². The first-order valence-electron chi connectivity index (χ1n) is 6.59. The van der Waals surface area contributed by atoms with Crippen LogP contribution in [0.1, 0.15) is 23.6 Å². The van der Waals surface area contributed by atoms with Gasteiger partial charge in [0.1, 0.15) is 5.75 Å². The Hall–Kier alpha value is -1.71. The van der Waals surface area contributed by atoms with Crippen molar-refractivity contribution in [3.63, 3.8) is 0 Å². The van der Waals surface area contributed by atoms with Crippen molar-refractivity contribution in [2.45, 2.75) is 12.5 Å². The summed E-state index contributed by atoms with van der Waals surface area (Å²) in [6.45, 7) is 0. The Labute approximate surface area is 133 Å². The zero-order valence-corrected chi connectivity index (χ0v) is 12.9. The van der Waals surface area contributed by atoms with E-state index in [1.54, 1.807) is 13.2 Å². The zero-order valence-electron chi connectivity index (χ0n) is 11.4. The Morgan fingerprint density at radius 3 is 2.57 bits per heavy atom. The number of benzene rings is 2. The van der Waals surface area contributed by atoms with Crippen LogP contribution >= 0.6 is 23.2 Å². The molecule has 0 saturated heterocycles. The van der Waals surface area contributed by atoms with Crippen molar-refractivity contribution in [3.8, 4) is 5.75 Å². The minimum absolute atomic E-state index is 0.0758. The summed E-state index contributed by atoms with van der Waals surface area (Å²) in [5.74, 6) is 0.836. The molecule has 0 amide bonds. The van der Waals surface area contributed by atoms with Crippen LogP contribution in [-0.4, -0.2) is 12.8 Å². The maximum atomic E-state index is 6.25. The van der Waals surface area contributed by atoms with Gasteiger partial charge in [-0.1, -0.05) is 29.3 Å². The second kappa shape index (κ2) is 5.96. The van der Waals surface area contributed by atoms with Gasteiger partial charge in [-0.25, -0.2) is 0 Å². The second-order valence-corrected chi connectivity index (χ2v) is 5.68. The molecule has 2 aromatic rings. The van der Waals surface area contributed by atoms with Crippen molar-refractivity contribution in [3.05, 3.63) is 63.6 Å². The lowest BCUT2D eigenvalue weighted by Gasteiger charge is -2.12. The van der Waals surface area contributed by atoms with Crippen LogP contribution in [0.15, 0.2) is 47.6 Å². The van der Waals surface area contributed by atoms with E-state index in [0.717, 1.165) is 29.0 Å². The molecule has 1 aliphatic rings. The Bertz CT molecular complexity index is 683. The summed E-state index contributed by atoms with van der Waals surface area (Å²) in [6.07, 6.45) is 0.785. The zero-order chi connectivity index (χ0) is 14.8. The fraction of sp³-hybridized carbons (Fsp3) is 0.188. The predicted molar refractivity (Wildman–Crippen MR) is 86.5 cm³/mol. The highest BCUT2D eigenvalue weighted by Crippen LogP contribution is 2.31. The molecule has 2 aromatic carbocycles. The smallest absolute Gasteiger partial charge is 0.118 e. The molecular weight excluding hydrogens is 307 g/mol. The number of hydrogen-bond donors (Lipinski definition) is 1. The van der Waals surface area contributed by atoms with Gasteiger partial charge < -0.3 is 10.2 Å². The molecule has 1 aliphatic heterocycles. The van der Waals surface area contributed by atoms with Crippen LogP contribution in [0.25, 0.3) is 0 Å². The van der Waals surface area contributed by atoms with Crippen molar-refractivity contribution in [2.24, 2.45) is 5.10 Å². The number of rotatable bonds is 3. The molecule has 0 aliphatic carbocycles. The lowest BCUT2D eigenvalue weighted by Crippen LogP contribution is -2.10. The molecule has 0 bridgehead atoms. The maximum absolute atomic E-state index is 6.25. The summed E-state index contributed by atoms with van der Waals surface area (Å²) in [4.78, 5) is 0. The molecule has 0 spiro atoms. The summed E-state index contributed by atoms with van der Waals surface area (Å²) in [5.41, 5.74) is 6.23. The molecule has 108 valence electrons. The third-order valence-electron chi connectivity index (χ3n) is 3.51. The van der Waals surface area contributed by atoms with Gasteiger partial charge in [0, 0.05) is 16.5 Å². The van der Waals surface area contributed by atoms with E-state index in [-0.39, 0.29) is 6.04 Å². The molecule has 1 heterocycles. The quantitative estimate of drug-likeness (QED) is 0.907. The minimum atomic E-state index is 0.0758. The molecule has 1 atom stereocenters. The van der Waals surface area contributed by atoms with E-state index in [4.69, 9.17) is 27.9 Å². The minimum Gasteiger partial charge on any atom is -0.497 e. The molecule has 3 nitrogen and oxygen atoms in total. The van der Waals surface area contributed by atoms with Gasteiger partial charge in [0.15, 0.2) is 0 Å². The summed E-state index contributed by atoms with van der Waals surface area (Å²) in [6, 6.07) is 13.5. The van der Waals surface area contributed by atoms with Crippen LogP contribution in [-0.2, 0) is 0 Å². The second-order valence-electron chi connectivity index (χ2n) is 4.84. The highest BCUT2D eigenvalue weighted by Gasteiger charge is 2.23. The van der Waals surface area contributed by atoms with Crippen molar-refractivity contribution < 1.29 is 4.74 Å². The lowest BCUT2D eigenvalue weighted by molar-refractivity contribution is 0.415. The van der Waals surface area contributed by atoms with Crippen molar-refractivity contribution in [2.75, 3.05) is 7.11 Å². The van der Waals surface area contributed by atoms with Gasteiger partial charge in [-0.2, -0.15) is 5.10 Å². The summed E-state index contributed by atoms with van der Waals surface area (Å²) < 4.78 is 5.16. The fourth-order valence-electron chi connectivity index (χ4n) is 2.37. The van der Waals surface area contributed by atoms with E-state index in [2.05, 4.69) is 10.5 Å². The Balaban J connectivity index is 1.77. The average Bonchev–Trinajstić information content (AvgIpc) is 2.97. The van der Waals surface area contributed by atoms with Crippen LogP contribution in [0.2, 0.25) is 10.0 Å². The highest BCUT2D eigenvalue weighted by atomic mass is 35.5. The largest absolute Gasteiger partial charge is 0.497 e. The number of ether oxygens (including phenoxy) is 1. The SMILES string of the molecule is COc1ccc(C2=NNC(c3ccc(Cl)cc3Cl)C2)cc1. The first-order valence-corrected chi connectivity index (χ1v) is 7.34. The Morgan fingerprint density at radius 1 is 1.14 bits per heavy atom. The van der Waals surface area contributed by atoms with Crippen molar-refractivity contribution in [1.29, 1.82) is 0 Å². The molecule has 0 saturated carbocycles. The summed E-state index contributed by atoms with van der Waals surface area (Å²) >= 11 is 12.2. The van der Waals surface area contributed by atoms with Gasteiger partial charge in [-0.05, 0) is 47.5 Å². The van der Waals surface area contributed by atoms with Gasteiger partial charge in [0.2, 0.25) is 0 Å². The van der Waals surface area contributed by atoms with E-state index in [1.165, 1.54) is 0 Å². The van der Waals surface area contributed by atoms with Crippen LogP contribution in [0, 0.1) is 0 Å². The third kappa shape index (κ3) is 2.99. The fourth-order valence-corrected chi connectivity index (χ4v) is 2.91. The van der Waals surface area contributed by atoms with Crippen molar-refractivity contribution in [1.82, 2.24) is 5.43 Å². The van der Waals surface area contributed by atoms with Crippen LogP contribution in [0.4, 0.5) is 0 Å². The number of halogens is 2. The molecular formula is C16H14Cl2N2O. The lowest BCUT2D eigenvalue weighted by atomic mass is 9.99. The molecule has 3 rings (SSSR count). The maximum Gasteiger partial charge on any atom is 0.118 e. The number of methoxy groups -OCH3 is 1. The van der Waals surface area contributed by atoms with E-state index in [1.807, 2.05) is 36.4 Å². The first-order chi connectivity index (χ1) is 10.2. The van der Waals surface area contributed by atoms with Gasteiger partial charge in [-0.15, -0.1) is 0 Å². The van der Waals surface area contributed by atoms with Gasteiger partial charge in [-0.3, -0.25) is 0 Å². The first kappa shape index (κ1) is 14.2. The normalized spacial score (nSPS) is 17.3. The van der Waals surface area contributed by atoms with E-state index < -0.39 is 0 Å². The van der Waals surface area contributed by atoms with E-state index >= 15 is 0 Å². The molecule has 5 heteroatoms. The van der Waals surface area contributed by atoms with Crippen molar-refractivity contribution >= 4 is 28.9 Å². The topological polar surface area (TPSA) is 33.6 Å². The molecule has 0 aromatic heterocycles. The molecule has 0 fully saturated rings. The van der Waals surface area contributed by atoms with E-state index in [0.29, 0.717) is 10.0 Å².